The number of phenolic OH excluding ortho intramolecular Hbond substituents is 1. The highest BCUT2D eigenvalue weighted by atomic mass is 32.3. The lowest BCUT2D eigenvalue weighted by Gasteiger charge is -2.48. The molecular formula is C18H22O6S. The molecule has 2 N–H and O–H groups in total. The summed E-state index contributed by atoms with van der Waals surface area (Å²) in [5.74, 6) is 0.924. The number of benzene rings is 1. The van der Waals surface area contributed by atoms with Crippen molar-refractivity contribution in [1.82, 2.24) is 0 Å². The van der Waals surface area contributed by atoms with Gasteiger partial charge in [-0.3, -0.25) is 9.35 Å². The van der Waals surface area contributed by atoms with E-state index in [1.807, 2.05) is 6.07 Å². The van der Waals surface area contributed by atoms with Crippen LogP contribution in [-0.4, -0.2) is 23.9 Å². The Morgan fingerprint density at radius 2 is 1.96 bits per heavy atom. The van der Waals surface area contributed by atoms with E-state index in [-0.39, 0.29) is 22.8 Å². The number of hydrogen-bond acceptors (Lipinski definition) is 5. The molecule has 3 aliphatic rings. The van der Waals surface area contributed by atoms with Crippen molar-refractivity contribution in [3.8, 4) is 11.5 Å². The number of carbonyl (C=O) groups excluding carboxylic acids is 1. The fourth-order valence-electron chi connectivity index (χ4n) is 5.59. The van der Waals surface area contributed by atoms with Crippen LogP contribution in [0.25, 0.3) is 0 Å². The van der Waals surface area contributed by atoms with Crippen LogP contribution in [0.3, 0.4) is 0 Å². The monoisotopic (exact) mass is 366 g/mol. The summed E-state index contributed by atoms with van der Waals surface area (Å²) in [4.78, 5) is 12.4. The highest BCUT2D eigenvalue weighted by Gasteiger charge is 2.54. The van der Waals surface area contributed by atoms with Crippen LogP contribution in [0.15, 0.2) is 12.1 Å². The van der Waals surface area contributed by atoms with E-state index < -0.39 is 10.4 Å². The van der Waals surface area contributed by atoms with Crippen LogP contribution >= 0.6 is 0 Å². The second kappa shape index (κ2) is 5.45. The standard InChI is InChI=1S/C18H22O6S/c1-18-9-8-11-10-4-6-15(19)17(24-25(21,22)23)13(10)3-2-12(11)14(18)5-7-16(18)20/h4,6,11-12,14,19H,2-3,5,7-9H2,1H3,(H,21,22,23)/t11-,12-,14+,18+/m1/s1. The molecular weight excluding hydrogens is 344 g/mol. The first kappa shape index (κ1) is 16.8. The fraction of sp³-hybridized carbons (Fsp3) is 0.611. The fourth-order valence-corrected chi connectivity index (χ4v) is 5.99. The van der Waals surface area contributed by atoms with Gasteiger partial charge in [-0.2, -0.15) is 8.42 Å². The van der Waals surface area contributed by atoms with E-state index in [0.29, 0.717) is 36.0 Å². The van der Waals surface area contributed by atoms with Gasteiger partial charge in [-0.05, 0) is 61.5 Å². The first-order valence-corrected chi connectivity index (χ1v) is 10.1. The maximum Gasteiger partial charge on any atom is 0.446 e. The number of carbonyl (C=O) groups is 1. The summed E-state index contributed by atoms with van der Waals surface area (Å²) >= 11 is 0. The average Bonchev–Trinajstić information content (AvgIpc) is 2.84. The van der Waals surface area contributed by atoms with Crippen molar-refractivity contribution < 1.29 is 27.1 Å². The molecule has 2 fully saturated rings. The van der Waals surface area contributed by atoms with Gasteiger partial charge in [0, 0.05) is 17.4 Å². The first-order valence-electron chi connectivity index (χ1n) is 8.75. The van der Waals surface area contributed by atoms with Gasteiger partial charge in [0.15, 0.2) is 11.5 Å². The number of aromatic hydroxyl groups is 1. The number of rotatable bonds is 2. The number of fused-ring (bicyclic) bond motifs is 5. The molecule has 25 heavy (non-hydrogen) atoms. The molecule has 4 rings (SSSR count). The van der Waals surface area contributed by atoms with E-state index in [0.717, 1.165) is 31.2 Å². The second-order valence-electron chi connectivity index (χ2n) is 7.83. The predicted molar refractivity (Wildman–Crippen MR) is 89.9 cm³/mol. The van der Waals surface area contributed by atoms with Crippen LogP contribution < -0.4 is 4.18 Å². The maximum atomic E-state index is 12.4. The molecule has 0 spiro atoms. The molecule has 0 aliphatic heterocycles. The number of hydrogen-bond donors (Lipinski definition) is 2. The summed E-state index contributed by atoms with van der Waals surface area (Å²) in [6.45, 7) is 2.10. The van der Waals surface area contributed by atoms with Crippen molar-refractivity contribution in [2.75, 3.05) is 0 Å². The highest BCUT2D eigenvalue weighted by molar-refractivity contribution is 7.81. The number of ketones is 1. The molecule has 7 heteroatoms. The van der Waals surface area contributed by atoms with Gasteiger partial charge >= 0.3 is 10.4 Å². The molecule has 1 aromatic carbocycles. The third kappa shape index (κ3) is 2.56. The molecule has 0 unspecified atom stereocenters. The van der Waals surface area contributed by atoms with Crippen molar-refractivity contribution in [1.29, 1.82) is 0 Å². The minimum Gasteiger partial charge on any atom is -0.504 e. The lowest BCUT2D eigenvalue weighted by atomic mass is 9.55. The molecule has 2 saturated carbocycles. The van der Waals surface area contributed by atoms with Crippen LogP contribution in [0, 0.1) is 17.3 Å². The molecule has 0 aromatic heterocycles. The quantitative estimate of drug-likeness (QED) is 0.780. The molecule has 136 valence electrons. The van der Waals surface area contributed by atoms with E-state index in [2.05, 4.69) is 11.1 Å². The minimum atomic E-state index is -4.70. The third-order valence-electron chi connectivity index (χ3n) is 6.74. The lowest BCUT2D eigenvalue weighted by Crippen LogP contribution is -2.42. The van der Waals surface area contributed by atoms with Gasteiger partial charge in [-0.25, -0.2) is 0 Å². The Kier molecular flexibility index (Phi) is 3.67. The molecule has 0 bridgehead atoms. The van der Waals surface area contributed by atoms with Gasteiger partial charge in [0.25, 0.3) is 0 Å². The zero-order chi connectivity index (χ0) is 18.0. The van der Waals surface area contributed by atoms with Gasteiger partial charge in [0.2, 0.25) is 0 Å². The Morgan fingerprint density at radius 1 is 1.20 bits per heavy atom. The third-order valence-corrected chi connectivity index (χ3v) is 7.12. The zero-order valence-electron chi connectivity index (χ0n) is 14.1. The summed E-state index contributed by atoms with van der Waals surface area (Å²) in [7, 11) is -4.70. The summed E-state index contributed by atoms with van der Waals surface area (Å²) in [6, 6.07) is 3.26. The van der Waals surface area contributed by atoms with Crippen molar-refractivity contribution in [3.05, 3.63) is 23.3 Å². The van der Waals surface area contributed by atoms with Gasteiger partial charge < -0.3 is 9.29 Å². The Balaban J connectivity index is 1.74. The van der Waals surface area contributed by atoms with E-state index in [1.165, 1.54) is 6.07 Å². The Labute approximate surface area is 147 Å². The van der Waals surface area contributed by atoms with Gasteiger partial charge in [0.1, 0.15) is 5.78 Å². The van der Waals surface area contributed by atoms with Crippen molar-refractivity contribution in [2.24, 2.45) is 17.3 Å². The summed E-state index contributed by atoms with van der Waals surface area (Å²) in [5.41, 5.74) is 1.42. The average molecular weight is 366 g/mol. The molecule has 0 saturated heterocycles. The predicted octanol–water partition coefficient (Wildman–Crippen LogP) is 3.00. The van der Waals surface area contributed by atoms with Crippen molar-refractivity contribution in [2.45, 2.75) is 51.4 Å². The molecule has 3 aliphatic carbocycles. The van der Waals surface area contributed by atoms with Crippen molar-refractivity contribution >= 4 is 16.2 Å². The largest absolute Gasteiger partial charge is 0.504 e. The second-order valence-corrected chi connectivity index (χ2v) is 8.85. The summed E-state index contributed by atoms with van der Waals surface area (Å²) in [5, 5.41) is 10.0. The van der Waals surface area contributed by atoms with Gasteiger partial charge in [-0.15, -0.1) is 0 Å². The smallest absolute Gasteiger partial charge is 0.446 e. The number of Topliss-reactive ketones (excluding diaryl/α,β-unsaturated/α-hetero) is 1. The molecule has 0 radical (unpaired) electrons. The maximum absolute atomic E-state index is 12.4. The molecule has 1 aromatic rings. The molecule has 4 atom stereocenters. The van der Waals surface area contributed by atoms with Gasteiger partial charge in [0.05, 0.1) is 0 Å². The van der Waals surface area contributed by atoms with Gasteiger partial charge in [-0.1, -0.05) is 13.0 Å². The minimum absolute atomic E-state index is 0.158. The van der Waals surface area contributed by atoms with Crippen molar-refractivity contribution in [3.63, 3.8) is 0 Å². The highest BCUT2D eigenvalue weighted by Crippen LogP contribution is 2.60. The van der Waals surface area contributed by atoms with Crippen LogP contribution in [0.4, 0.5) is 0 Å². The van der Waals surface area contributed by atoms with Crippen LogP contribution in [0.1, 0.15) is 56.1 Å². The Morgan fingerprint density at radius 3 is 2.68 bits per heavy atom. The molecule has 0 amide bonds. The molecule has 0 heterocycles. The SMILES string of the molecule is C[C@]12CC[C@@H]3c4ccc(O)c(OS(=O)(=O)O)c4CC[C@H]3[C@@H]1CCC2=O. The van der Waals surface area contributed by atoms with Crippen LogP contribution in [-0.2, 0) is 21.6 Å². The van der Waals surface area contributed by atoms with E-state index in [9.17, 15) is 18.3 Å². The van der Waals surface area contributed by atoms with E-state index in [1.54, 1.807) is 0 Å². The normalized spacial score (nSPS) is 34.2. The zero-order valence-corrected chi connectivity index (χ0v) is 14.9. The topological polar surface area (TPSA) is 101 Å². The van der Waals surface area contributed by atoms with Crippen LogP contribution in [0.5, 0.6) is 11.5 Å². The van der Waals surface area contributed by atoms with E-state index in [4.69, 9.17) is 4.55 Å². The van der Waals surface area contributed by atoms with Crippen LogP contribution in [0.2, 0.25) is 0 Å². The summed E-state index contributed by atoms with van der Waals surface area (Å²) < 4.78 is 35.9. The molecule has 6 nitrogen and oxygen atoms in total. The Hall–Kier alpha value is -1.60. The Bertz CT molecular complexity index is 845. The summed E-state index contributed by atoms with van der Waals surface area (Å²) in [6.07, 6.45) is 4.69. The number of phenols is 1. The van der Waals surface area contributed by atoms with E-state index >= 15 is 0 Å². The first-order chi connectivity index (χ1) is 11.7. The lowest BCUT2D eigenvalue weighted by molar-refractivity contribution is -0.129.